The van der Waals surface area contributed by atoms with Crippen molar-refractivity contribution in [3.8, 4) is 0 Å². The van der Waals surface area contributed by atoms with Gasteiger partial charge >= 0.3 is 5.97 Å². The second-order valence-electron chi connectivity index (χ2n) is 2.69. The molecule has 3 nitrogen and oxygen atoms in total. The average Bonchev–Trinajstić information content (AvgIpc) is 2.62. The highest BCUT2D eigenvalue weighted by Gasteiger charge is 2.12. The zero-order chi connectivity index (χ0) is 10.1. The summed E-state index contributed by atoms with van der Waals surface area (Å²) in [4.78, 5) is 11.3. The van der Waals surface area contributed by atoms with E-state index in [0.717, 1.165) is 10.1 Å². The van der Waals surface area contributed by atoms with Gasteiger partial charge in [0.2, 0.25) is 0 Å². The molecule has 1 aromatic heterocycles. The third-order valence-corrected chi connectivity index (χ3v) is 2.92. The quantitative estimate of drug-likeness (QED) is 0.704. The Morgan fingerprint density at radius 1 is 1.57 bits per heavy atom. The van der Waals surface area contributed by atoms with Crippen LogP contribution in [0.5, 0.6) is 0 Å². The first-order chi connectivity index (χ1) is 6.72. The second kappa shape index (κ2) is 3.55. The summed E-state index contributed by atoms with van der Waals surface area (Å²) >= 11 is 7.23. The Bertz CT molecular complexity index is 495. The molecule has 0 unspecified atom stereocenters. The maximum atomic E-state index is 11.3. The number of halogens is 1. The smallest absolute Gasteiger partial charge is 0.339 e. The number of fused-ring (bicyclic) bond motifs is 1. The van der Waals surface area contributed by atoms with Gasteiger partial charge in [0, 0.05) is 11.6 Å². The second-order valence-corrected chi connectivity index (χ2v) is 3.93. The highest BCUT2D eigenvalue weighted by Crippen LogP contribution is 2.26. The molecular formula is C9H6ClNO2S. The number of hydrogen-bond donors (Lipinski definition) is 0. The summed E-state index contributed by atoms with van der Waals surface area (Å²) in [6.07, 6.45) is 1.72. The van der Waals surface area contributed by atoms with Gasteiger partial charge in [-0.2, -0.15) is 4.37 Å². The van der Waals surface area contributed by atoms with Crippen LogP contribution in [0.25, 0.3) is 10.1 Å². The van der Waals surface area contributed by atoms with Crippen LogP contribution in [-0.2, 0) is 4.74 Å². The van der Waals surface area contributed by atoms with Gasteiger partial charge in [-0.3, -0.25) is 0 Å². The Morgan fingerprint density at radius 3 is 3.07 bits per heavy atom. The molecule has 5 heteroatoms. The predicted molar refractivity (Wildman–Crippen MR) is 56.0 cm³/mol. The number of ether oxygens (including phenoxy) is 1. The van der Waals surface area contributed by atoms with Crippen LogP contribution in [0.1, 0.15) is 10.4 Å². The summed E-state index contributed by atoms with van der Waals surface area (Å²) in [6.45, 7) is 0. The molecule has 0 atom stereocenters. The summed E-state index contributed by atoms with van der Waals surface area (Å²) in [5.74, 6) is -0.426. The number of benzene rings is 1. The minimum absolute atomic E-state index is 0.380. The first-order valence-electron chi connectivity index (χ1n) is 3.84. The summed E-state index contributed by atoms with van der Waals surface area (Å²) < 4.78 is 9.53. The van der Waals surface area contributed by atoms with Gasteiger partial charge in [0.25, 0.3) is 0 Å². The third kappa shape index (κ3) is 1.47. The van der Waals surface area contributed by atoms with Crippen molar-refractivity contribution in [2.24, 2.45) is 0 Å². The lowest BCUT2D eigenvalue weighted by Gasteiger charge is -2.01. The molecule has 0 N–H and O–H groups in total. The minimum atomic E-state index is -0.426. The van der Waals surface area contributed by atoms with Crippen LogP contribution in [-0.4, -0.2) is 17.5 Å². The Balaban J connectivity index is 2.64. The molecule has 2 rings (SSSR count). The van der Waals surface area contributed by atoms with Crippen LogP contribution >= 0.6 is 23.1 Å². The van der Waals surface area contributed by atoms with Crippen LogP contribution in [0, 0.1) is 0 Å². The molecule has 0 aliphatic rings. The van der Waals surface area contributed by atoms with Crippen molar-refractivity contribution in [3.05, 3.63) is 28.9 Å². The number of rotatable bonds is 1. The van der Waals surface area contributed by atoms with E-state index < -0.39 is 5.97 Å². The number of carbonyl (C=O) groups excluding carboxylic acids is 1. The van der Waals surface area contributed by atoms with Crippen LogP contribution in [0.3, 0.4) is 0 Å². The topological polar surface area (TPSA) is 39.2 Å². The first kappa shape index (κ1) is 9.43. The van der Waals surface area contributed by atoms with E-state index in [-0.39, 0.29) is 0 Å². The molecule has 0 aliphatic heterocycles. The Labute approximate surface area is 89.4 Å². The van der Waals surface area contributed by atoms with E-state index >= 15 is 0 Å². The van der Waals surface area contributed by atoms with E-state index in [9.17, 15) is 4.79 Å². The van der Waals surface area contributed by atoms with E-state index in [1.165, 1.54) is 18.6 Å². The normalized spacial score (nSPS) is 10.4. The third-order valence-electron chi connectivity index (χ3n) is 1.85. The van der Waals surface area contributed by atoms with Crippen LogP contribution in [0.4, 0.5) is 0 Å². The van der Waals surface area contributed by atoms with Gasteiger partial charge in [0.1, 0.15) is 0 Å². The highest BCUT2D eigenvalue weighted by molar-refractivity contribution is 7.13. The van der Waals surface area contributed by atoms with Crippen molar-refractivity contribution >= 4 is 39.2 Å². The predicted octanol–water partition coefficient (Wildman–Crippen LogP) is 2.74. The van der Waals surface area contributed by atoms with Gasteiger partial charge in [-0.25, -0.2) is 4.79 Å². The van der Waals surface area contributed by atoms with Crippen molar-refractivity contribution in [1.82, 2.24) is 4.37 Å². The molecule has 0 saturated heterocycles. The molecule has 14 heavy (non-hydrogen) atoms. The monoisotopic (exact) mass is 227 g/mol. The van der Waals surface area contributed by atoms with Crippen molar-refractivity contribution in [3.63, 3.8) is 0 Å². The molecule has 0 spiro atoms. The standard InChI is InChI=1S/C9H6ClNO2S/c1-13-9(12)6-3-8-5(2-7(6)10)4-11-14-8/h2-4H,1H3. The zero-order valence-corrected chi connectivity index (χ0v) is 8.85. The molecule has 0 bridgehead atoms. The molecule has 1 heterocycles. The van der Waals surface area contributed by atoms with Crippen molar-refractivity contribution in [1.29, 1.82) is 0 Å². The van der Waals surface area contributed by atoms with Crippen molar-refractivity contribution < 1.29 is 9.53 Å². The lowest BCUT2D eigenvalue weighted by molar-refractivity contribution is 0.0601. The summed E-state index contributed by atoms with van der Waals surface area (Å²) in [5.41, 5.74) is 0.380. The van der Waals surface area contributed by atoms with Gasteiger partial charge in [0.15, 0.2) is 0 Å². The number of hydrogen-bond acceptors (Lipinski definition) is 4. The molecule has 0 aliphatic carbocycles. The van der Waals surface area contributed by atoms with Gasteiger partial charge in [-0.05, 0) is 23.7 Å². The molecule has 1 aromatic carbocycles. The highest BCUT2D eigenvalue weighted by atomic mass is 35.5. The van der Waals surface area contributed by atoms with E-state index in [1.807, 2.05) is 0 Å². The fourth-order valence-corrected chi connectivity index (χ4v) is 2.07. The van der Waals surface area contributed by atoms with Gasteiger partial charge in [-0.1, -0.05) is 11.6 Å². The molecular weight excluding hydrogens is 222 g/mol. The van der Waals surface area contributed by atoms with Crippen molar-refractivity contribution in [2.45, 2.75) is 0 Å². The Kier molecular flexibility index (Phi) is 2.39. The number of nitrogens with zero attached hydrogens (tertiary/aromatic N) is 1. The van der Waals surface area contributed by atoms with Crippen LogP contribution in [0.2, 0.25) is 5.02 Å². The SMILES string of the molecule is COC(=O)c1cc2sncc2cc1Cl. The average molecular weight is 228 g/mol. The van der Waals surface area contributed by atoms with E-state index in [2.05, 4.69) is 9.11 Å². The zero-order valence-electron chi connectivity index (χ0n) is 7.28. The number of esters is 1. The Hall–Kier alpha value is -1.13. The van der Waals surface area contributed by atoms with Crippen LogP contribution < -0.4 is 0 Å². The van der Waals surface area contributed by atoms with Crippen molar-refractivity contribution in [2.75, 3.05) is 7.11 Å². The molecule has 0 saturated carbocycles. The molecule has 72 valence electrons. The lowest BCUT2D eigenvalue weighted by atomic mass is 10.2. The first-order valence-corrected chi connectivity index (χ1v) is 5.00. The van der Waals surface area contributed by atoms with E-state index in [0.29, 0.717) is 10.6 Å². The maximum Gasteiger partial charge on any atom is 0.339 e. The molecule has 0 radical (unpaired) electrons. The minimum Gasteiger partial charge on any atom is -0.465 e. The lowest BCUT2D eigenvalue weighted by Crippen LogP contribution is -2.01. The molecule has 0 fully saturated rings. The Morgan fingerprint density at radius 2 is 2.36 bits per heavy atom. The maximum absolute atomic E-state index is 11.3. The fourth-order valence-electron chi connectivity index (χ4n) is 1.16. The number of methoxy groups -OCH3 is 1. The fraction of sp³-hybridized carbons (Fsp3) is 0.111. The van der Waals surface area contributed by atoms with Gasteiger partial charge in [0.05, 0.1) is 22.4 Å². The van der Waals surface area contributed by atoms with E-state index in [1.54, 1.807) is 18.3 Å². The summed E-state index contributed by atoms with van der Waals surface area (Å²) in [6, 6.07) is 3.41. The largest absolute Gasteiger partial charge is 0.465 e. The molecule has 2 aromatic rings. The van der Waals surface area contributed by atoms with Gasteiger partial charge < -0.3 is 4.74 Å². The molecule has 0 amide bonds. The number of carbonyl (C=O) groups is 1. The van der Waals surface area contributed by atoms with E-state index in [4.69, 9.17) is 11.6 Å². The van der Waals surface area contributed by atoms with Crippen LogP contribution in [0.15, 0.2) is 18.3 Å². The van der Waals surface area contributed by atoms with Gasteiger partial charge in [-0.15, -0.1) is 0 Å². The number of aromatic nitrogens is 1. The summed E-state index contributed by atoms with van der Waals surface area (Å²) in [7, 11) is 1.33. The summed E-state index contributed by atoms with van der Waals surface area (Å²) in [5, 5.41) is 1.33.